The molecule has 1 fully saturated rings. The lowest BCUT2D eigenvalue weighted by molar-refractivity contribution is -0.142. The molecule has 1 saturated heterocycles. The number of nitrogens with zero attached hydrogens (tertiary/aromatic N) is 2. The predicted molar refractivity (Wildman–Crippen MR) is 119 cm³/mol. The first kappa shape index (κ1) is 22.9. The van der Waals surface area contributed by atoms with Gasteiger partial charge in [-0.2, -0.15) is 0 Å². The van der Waals surface area contributed by atoms with E-state index in [2.05, 4.69) is 9.73 Å². The van der Waals surface area contributed by atoms with Crippen LogP contribution in [0.3, 0.4) is 0 Å². The monoisotopic (exact) mass is 456 g/mol. The fourth-order valence-electron chi connectivity index (χ4n) is 2.71. The summed E-state index contributed by atoms with van der Waals surface area (Å²) in [6.45, 7) is -0.255. The van der Waals surface area contributed by atoms with Crippen molar-refractivity contribution in [3.8, 4) is 11.5 Å². The molecule has 1 aliphatic heterocycles. The van der Waals surface area contributed by atoms with Gasteiger partial charge in [0, 0.05) is 7.05 Å². The molecule has 2 aromatic rings. The molecule has 166 valence electrons. The van der Waals surface area contributed by atoms with E-state index in [1.165, 1.54) is 43.0 Å². The molecule has 1 aliphatic rings. The lowest BCUT2D eigenvalue weighted by atomic mass is 10.2. The Bertz CT molecular complexity index is 1130. The van der Waals surface area contributed by atoms with E-state index < -0.39 is 11.9 Å². The van der Waals surface area contributed by atoms with Gasteiger partial charge in [0.25, 0.3) is 5.91 Å². The average molecular weight is 456 g/mol. The summed E-state index contributed by atoms with van der Waals surface area (Å²) in [6, 6.07) is 11.2. The van der Waals surface area contributed by atoms with Gasteiger partial charge < -0.3 is 19.3 Å². The molecule has 2 aromatic carbocycles. The number of carboxylic acids is 1. The Morgan fingerprint density at radius 2 is 1.94 bits per heavy atom. The molecule has 3 rings (SSSR count). The van der Waals surface area contributed by atoms with Crippen LogP contribution in [-0.4, -0.2) is 60.9 Å². The van der Waals surface area contributed by atoms with Crippen LogP contribution in [0, 0.1) is 0 Å². The van der Waals surface area contributed by atoms with E-state index in [0.29, 0.717) is 32.8 Å². The van der Waals surface area contributed by atoms with Crippen LogP contribution in [0.15, 0.2) is 52.4 Å². The summed E-state index contributed by atoms with van der Waals surface area (Å²) in [4.78, 5) is 41.4. The van der Waals surface area contributed by atoms with E-state index in [9.17, 15) is 14.4 Å². The molecule has 32 heavy (non-hydrogen) atoms. The third-order valence-electron chi connectivity index (χ3n) is 4.38. The number of likely N-dealkylation sites (N-methyl/N-ethyl adjacent to an activating group) is 1. The molecule has 1 amide bonds. The maximum absolute atomic E-state index is 12.7. The zero-order valence-corrected chi connectivity index (χ0v) is 18.3. The number of aromatic carboxylic acids is 1. The zero-order valence-electron chi connectivity index (χ0n) is 17.5. The van der Waals surface area contributed by atoms with Crippen molar-refractivity contribution in [2.75, 3.05) is 27.9 Å². The van der Waals surface area contributed by atoms with E-state index in [1.807, 2.05) is 0 Å². The second kappa shape index (κ2) is 10.0. The molecule has 0 aliphatic carbocycles. The smallest absolute Gasteiger partial charge is 0.343 e. The highest BCUT2D eigenvalue weighted by Gasteiger charge is 2.30. The van der Waals surface area contributed by atoms with Gasteiger partial charge in [-0.3, -0.25) is 9.69 Å². The van der Waals surface area contributed by atoms with Gasteiger partial charge in [0.2, 0.25) is 0 Å². The van der Waals surface area contributed by atoms with Crippen LogP contribution in [0.5, 0.6) is 11.5 Å². The molecule has 10 heteroatoms. The second-order valence-corrected chi connectivity index (χ2v) is 7.51. The number of carboxylic acid groups (broad SMARTS) is 1. The minimum absolute atomic E-state index is 0.112. The van der Waals surface area contributed by atoms with Crippen LogP contribution < -0.4 is 9.47 Å². The van der Waals surface area contributed by atoms with Crippen molar-refractivity contribution >= 4 is 46.5 Å². The van der Waals surface area contributed by atoms with Gasteiger partial charge in [-0.1, -0.05) is 12.1 Å². The Kier molecular flexibility index (Phi) is 7.16. The van der Waals surface area contributed by atoms with E-state index in [4.69, 9.17) is 14.6 Å². The number of hydrogen-bond acceptors (Lipinski definition) is 8. The quantitative estimate of drug-likeness (QED) is 0.499. The van der Waals surface area contributed by atoms with Gasteiger partial charge in [0.1, 0.15) is 0 Å². The number of benzene rings is 2. The van der Waals surface area contributed by atoms with Gasteiger partial charge in [0.05, 0.1) is 30.4 Å². The second-order valence-electron chi connectivity index (χ2n) is 6.50. The number of ether oxygens (including phenoxy) is 3. The number of thioether (sulfide) groups is 1. The predicted octanol–water partition coefficient (Wildman–Crippen LogP) is 3.18. The number of amides is 1. The summed E-state index contributed by atoms with van der Waals surface area (Å²) >= 11 is 1.17. The number of carbonyl (C=O) groups is 3. The van der Waals surface area contributed by atoms with Gasteiger partial charge in [-0.05, 0) is 53.7 Å². The molecule has 0 spiro atoms. The minimum atomic E-state index is -1.05. The Balaban J connectivity index is 1.83. The number of carbonyl (C=O) groups excluding carboxylic acids is 2. The molecule has 0 atom stereocenters. The van der Waals surface area contributed by atoms with Crippen LogP contribution in [0.25, 0.3) is 6.08 Å². The maximum Gasteiger partial charge on any atom is 0.343 e. The van der Waals surface area contributed by atoms with E-state index in [-0.39, 0.29) is 18.1 Å². The highest BCUT2D eigenvalue weighted by atomic mass is 32.2. The van der Waals surface area contributed by atoms with Crippen molar-refractivity contribution in [2.45, 2.75) is 0 Å². The van der Waals surface area contributed by atoms with Crippen molar-refractivity contribution in [1.82, 2.24) is 4.90 Å². The van der Waals surface area contributed by atoms with E-state index >= 15 is 0 Å². The van der Waals surface area contributed by atoms with E-state index in [0.717, 1.165) is 0 Å². The first-order chi connectivity index (χ1) is 15.3. The summed E-state index contributed by atoms with van der Waals surface area (Å²) in [7, 11) is 4.34. The highest BCUT2D eigenvalue weighted by molar-refractivity contribution is 8.18. The molecule has 1 N–H and O–H groups in total. The normalized spacial score (nSPS) is 15.8. The number of aliphatic imine (C=N–C) groups is 1. The third-order valence-corrected chi connectivity index (χ3v) is 5.44. The summed E-state index contributed by atoms with van der Waals surface area (Å²) in [5.74, 6) is -1.05. The largest absolute Gasteiger partial charge is 0.493 e. The van der Waals surface area contributed by atoms with Crippen LogP contribution in [0.1, 0.15) is 15.9 Å². The van der Waals surface area contributed by atoms with E-state index in [1.54, 1.807) is 43.5 Å². The third kappa shape index (κ3) is 5.27. The molecule has 0 bridgehead atoms. The maximum atomic E-state index is 12.7. The molecule has 0 saturated carbocycles. The molecular formula is C22H20N2O7S. The van der Waals surface area contributed by atoms with Gasteiger partial charge >= 0.3 is 11.9 Å². The lowest BCUT2D eigenvalue weighted by Gasteiger charge is -2.10. The van der Waals surface area contributed by atoms with Crippen molar-refractivity contribution in [1.29, 1.82) is 0 Å². The summed E-state index contributed by atoms with van der Waals surface area (Å²) < 4.78 is 15.3. The molecular weight excluding hydrogens is 436 g/mol. The first-order valence-electron chi connectivity index (χ1n) is 9.29. The van der Waals surface area contributed by atoms with Crippen molar-refractivity contribution in [2.24, 2.45) is 4.99 Å². The van der Waals surface area contributed by atoms with Crippen molar-refractivity contribution < 1.29 is 33.7 Å². The molecule has 0 radical (unpaired) electrons. The SMILES string of the molecule is COC(=O)COc1ccc(/C=C2\SC(=Nc3cccc(C(=O)O)c3)N(C)C2=O)cc1OC. The van der Waals surface area contributed by atoms with Crippen LogP contribution in [0.4, 0.5) is 5.69 Å². The minimum Gasteiger partial charge on any atom is -0.493 e. The molecule has 0 aromatic heterocycles. The summed E-state index contributed by atoms with van der Waals surface area (Å²) in [5, 5.41) is 9.56. The van der Waals surface area contributed by atoms with Crippen LogP contribution >= 0.6 is 11.8 Å². The van der Waals surface area contributed by atoms with Crippen molar-refractivity contribution in [3.63, 3.8) is 0 Å². The number of rotatable bonds is 7. The molecule has 1 heterocycles. The number of amidine groups is 1. The Hall–Kier alpha value is -3.79. The van der Waals surface area contributed by atoms with Crippen molar-refractivity contribution in [3.05, 3.63) is 58.5 Å². The number of esters is 1. The fraction of sp³-hybridized carbons (Fsp3) is 0.182. The summed E-state index contributed by atoms with van der Waals surface area (Å²) in [5.41, 5.74) is 1.23. The zero-order chi connectivity index (χ0) is 23.3. The molecule has 9 nitrogen and oxygen atoms in total. The molecule has 0 unspecified atom stereocenters. The van der Waals surface area contributed by atoms with Gasteiger partial charge in [-0.25, -0.2) is 14.6 Å². The van der Waals surface area contributed by atoms with Crippen LogP contribution in [0.2, 0.25) is 0 Å². The summed E-state index contributed by atoms with van der Waals surface area (Å²) in [6.07, 6.45) is 1.69. The fourth-order valence-corrected chi connectivity index (χ4v) is 3.70. The van der Waals surface area contributed by atoms with Gasteiger partial charge in [-0.15, -0.1) is 0 Å². The number of hydrogen-bond donors (Lipinski definition) is 1. The average Bonchev–Trinajstić information content (AvgIpc) is 3.05. The Morgan fingerprint density at radius 1 is 1.16 bits per heavy atom. The highest BCUT2D eigenvalue weighted by Crippen LogP contribution is 2.35. The Morgan fingerprint density at radius 3 is 2.62 bits per heavy atom. The first-order valence-corrected chi connectivity index (χ1v) is 10.1. The number of methoxy groups -OCH3 is 2. The topological polar surface area (TPSA) is 115 Å². The standard InChI is InChI=1S/C22H20N2O7S/c1-24-20(26)18(32-22(24)23-15-6-4-5-14(11-15)21(27)28)10-13-7-8-16(17(9-13)29-2)31-12-19(25)30-3/h4-11H,12H2,1-3H3,(H,27,28)/b18-10-,23-22?. The van der Waals surface area contributed by atoms with Gasteiger partial charge in [0.15, 0.2) is 23.3 Å². The Labute approximate surface area is 188 Å². The van der Waals surface area contributed by atoms with Crippen LogP contribution in [-0.2, 0) is 14.3 Å². The lowest BCUT2D eigenvalue weighted by Crippen LogP contribution is -2.23.